The van der Waals surface area contributed by atoms with Crippen LogP contribution in [0.5, 0.6) is 0 Å². The third-order valence-electron chi connectivity index (χ3n) is 6.60. The highest BCUT2D eigenvalue weighted by molar-refractivity contribution is 6.28. The van der Waals surface area contributed by atoms with Gasteiger partial charge in [-0.2, -0.15) is 0 Å². The fourth-order valence-corrected chi connectivity index (χ4v) is 4.91. The first kappa shape index (κ1) is 20.1. The molecule has 5 nitrogen and oxygen atoms in total. The summed E-state index contributed by atoms with van der Waals surface area (Å²) < 4.78 is 13.8. The van der Waals surface area contributed by atoms with Gasteiger partial charge in [-0.1, -0.05) is 6.92 Å². The Morgan fingerprint density at radius 1 is 1.06 bits per heavy atom. The van der Waals surface area contributed by atoms with Gasteiger partial charge in [-0.3, -0.25) is 4.98 Å². The van der Waals surface area contributed by atoms with Gasteiger partial charge in [0.1, 0.15) is 11.6 Å². The Balaban J connectivity index is 1.29. The number of aromatic nitrogens is 5. The maximum atomic E-state index is 13.8. The molecule has 158 valence electrons. The number of H-pyrrole nitrogens is 1. The molecule has 7 heteroatoms. The molecule has 1 atom stereocenters. The van der Waals surface area contributed by atoms with E-state index in [0.29, 0.717) is 17.8 Å². The molecule has 1 aromatic carbocycles. The van der Waals surface area contributed by atoms with Gasteiger partial charge in [0.2, 0.25) is 5.28 Å². The lowest BCUT2D eigenvalue weighted by atomic mass is 9.73. The second kappa shape index (κ2) is 8.35. The third kappa shape index (κ3) is 4.04. The minimum atomic E-state index is -0.205. The van der Waals surface area contributed by atoms with Crippen molar-refractivity contribution < 1.29 is 4.39 Å². The normalized spacial score (nSPS) is 20.1. The zero-order valence-corrected chi connectivity index (χ0v) is 18.0. The van der Waals surface area contributed by atoms with E-state index in [1.165, 1.54) is 11.6 Å². The molecule has 0 bridgehead atoms. The highest BCUT2D eigenvalue weighted by Crippen LogP contribution is 2.42. The fourth-order valence-electron chi connectivity index (χ4n) is 4.81. The molecule has 1 saturated carbocycles. The molecule has 1 fully saturated rings. The topological polar surface area (TPSA) is 67.3 Å². The molecule has 0 amide bonds. The molecule has 31 heavy (non-hydrogen) atoms. The summed E-state index contributed by atoms with van der Waals surface area (Å²) >= 11 is 5.78. The molecule has 0 aliphatic heterocycles. The Kier molecular flexibility index (Phi) is 5.40. The first-order valence-corrected chi connectivity index (χ1v) is 11.0. The molecule has 0 radical (unpaired) electrons. The number of hydrogen-bond donors (Lipinski definition) is 1. The van der Waals surface area contributed by atoms with Crippen LogP contribution in [0.2, 0.25) is 5.28 Å². The summed E-state index contributed by atoms with van der Waals surface area (Å²) in [7, 11) is 0. The van der Waals surface area contributed by atoms with Crippen LogP contribution in [-0.2, 0) is 0 Å². The van der Waals surface area contributed by atoms with Crippen molar-refractivity contribution in [2.75, 3.05) is 0 Å². The lowest BCUT2D eigenvalue weighted by molar-refractivity contribution is 0.286. The molecule has 5 rings (SSSR count). The van der Waals surface area contributed by atoms with Gasteiger partial charge in [-0.05, 0) is 78.9 Å². The second-order valence-corrected chi connectivity index (χ2v) is 8.71. The number of imidazole rings is 1. The smallest absolute Gasteiger partial charge is 0.222 e. The van der Waals surface area contributed by atoms with Crippen molar-refractivity contribution in [1.29, 1.82) is 0 Å². The number of pyridine rings is 1. The van der Waals surface area contributed by atoms with Crippen LogP contribution in [0, 0.1) is 11.7 Å². The lowest BCUT2D eigenvalue weighted by Crippen LogP contribution is -2.19. The second-order valence-electron chi connectivity index (χ2n) is 8.37. The minimum Gasteiger partial charge on any atom is -0.348 e. The van der Waals surface area contributed by atoms with Crippen molar-refractivity contribution in [3.63, 3.8) is 0 Å². The highest BCUT2D eigenvalue weighted by Gasteiger charge is 2.29. The lowest BCUT2D eigenvalue weighted by Gasteiger charge is -2.32. The zero-order valence-electron chi connectivity index (χ0n) is 17.2. The largest absolute Gasteiger partial charge is 0.348 e. The molecule has 1 aliphatic carbocycles. The Morgan fingerprint density at radius 2 is 1.84 bits per heavy atom. The summed E-state index contributed by atoms with van der Waals surface area (Å²) in [5.41, 5.74) is 3.76. The van der Waals surface area contributed by atoms with Crippen molar-refractivity contribution in [3.8, 4) is 11.3 Å². The quantitative estimate of drug-likeness (QED) is 0.383. The van der Waals surface area contributed by atoms with E-state index in [0.717, 1.165) is 53.7 Å². The molecular weight excluding hydrogens is 413 g/mol. The van der Waals surface area contributed by atoms with Gasteiger partial charge in [0, 0.05) is 41.7 Å². The molecule has 0 saturated heterocycles. The number of hydrogen-bond acceptors (Lipinski definition) is 4. The van der Waals surface area contributed by atoms with Gasteiger partial charge < -0.3 is 4.98 Å². The molecule has 3 heterocycles. The van der Waals surface area contributed by atoms with Crippen molar-refractivity contribution in [3.05, 3.63) is 71.5 Å². The van der Waals surface area contributed by atoms with E-state index in [4.69, 9.17) is 16.6 Å². The minimum absolute atomic E-state index is 0.205. The first-order chi connectivity index (χ1) is 15.1. The molecular formula is C24H23ClFN5. The predicted octanol–water partition coefficient (Wildman–Crippen LogP) is 6.28. The number of nitrogens with zero attached hydrogens (tertiary/aromatic N) is 4. The SMILES string of the molecule is C[C@H](c1nc(-c2cnc(Cl)nc2)c[nH]1)C1CCC(c2ccnc3ccc(F)cc23)CC1. The van der Waals surface area contributed by atoms with Crippen molar-refractivity contribution in [2.45, 2.75) is 44.4 Å². The summed E-state index contributed by atoms with van der Waals surface area (Å²) in [6, 6.07) is 6.92. The molecule has 1 N–H and O–H groups in total. The van der Waals surface area contributed by atoms with Crippen LogP contribution in [0.3, 0.4) is 0 Å². The Bertz CT molecular complexity index is 1200. The van der Waals surface area contributed by atoms with E-state index in [1.807, 2.05) is 12.4 Å². The molecule has 0 unspecified atom stereocenters. The molecule has 1 aliphatic rings. The first-order valence-electron chi connectivity index (χ1n) is 10.7. The summed E-state index contributed by atoms with van der Waals surface area (Å²) in [5.74, 6) is 2.11. The number of nitrogens with one attached hydrogen (secondary N) is 1. The molecule has 4 aromatic rings. The van der Waals surface area contributed by atoms with E-state index >= 15 is 0 Å². The van der Waals surface area contributed by atoms with E-state index in [9.17, 15) is 4.39 Å². The average molecular weight is 436 g/mol. The van der Waals surface area contributed by atoms with Crippen LogP contribution in [-0.4, -0.2) is 24.9 Å². The van der Waals surface area contributed by atoms with Crippen molar-refractivity contribution >= 4 is 22.5 Å². The number of rotatable bonds is 4. The van der Waals surface area contributed by atoms with Crippen molar-refractivity contribution in [2.24, 2.45) is 5.92 Å². The van der Waals surface area contributed by atoms with Crippen LogP contribution in [0.25, 0.3) is 22.2 Å². The van der Waals surface area contributed by atoms with Gasteiger partial charge >= 0.3 is 0 Å². The maximum Gasteiger partial charge on any atom is 0.222 e. The predicted molar refractivity (Wildman–Crippen MR) is 119 cm³/mol. The Morgan fingerprint density at radius 3 is 2.61 bits per heavy atom. The van der Waals surface area contributed by atoms with Crippen LogP contribution >= 0.6 is 11.6 Å². The zero-order chi connectivity index (χ0) is 21.4. The molecule has 3 aromatic heterocycles. The summed E-state index contributed by atoms with van der Waals surface area (Å²) in [5, 5.41) is 1.18. The van der Waals surface area contributed by atoms with Gasteiger partial charge in [0.15, 0.2) is 0 Å². The third-order valence-corrected chi connectivity index (χ3v) is 6.80. The van der Waals surface area contributed by atoms with Gasteiger partial charge in [-0.25, -0.2) is 19.3 Å². The number of fused-ring (bicyclic) bond motifs is 1. The van der Waals surface area contributed by atoms with Gasteiger partial charge in [-0.15, -0.1) is 0 Å². The van der Waals surface area contributed by atoms with Gasteiger partial charge in [0.05, 0.1) is 11.2 Å². The fraction of sp³-hybridized carbons (Fsp3) is 0.333. The standard InChI is InChI=1S/C24H23ClFN5/c1-14(23-28-13-22(31-23)17-11-29-24(25)30-12-17)15-2-4-16(5-3-15)19-8-9-27-21-7-6-18(26)10-20(19)21/h6-16H,2-5H2,1H3,(H,28,31)/t14-,15?,16?/m0/s1. The van der Waals surface area contributed by atoms with E-state index in [1.54, 1.807) is 24.5 Å². The monoisotopic (exact) mass is 435 g/mol. The number of aromatic amines is 1. The molecule has 0 spiro atoms. The van der Waals surface area contributed by atoms with Crippen molar-refractivity contribution in [1.82, 2.24) is 24.9 Å². The Hall–Kier alpha value is -2.86. The number of benzene rings is 1. The van der Waals surface area contributed by atoms with Crippen LogP contribution in [0.4, 0.5) is 4.39 Å². The highest BCUT2D eigenvalue weighted by atomic mass is 35.5. The van der Waals surface area contributed by atoms with E-state index in [-0.39, 0.29) is 11.1 Å². The van der Waals surface area contributed by atoms with Crippen LogP contribution in [0.15, 0.2) is 49.1 Å². The summed E-state index contributed by atoms with van der Waals surface area (Å²) in [6.07, 6.45) is 11.5. The number of halogens is 2. The summed E-state index contributed by atoms with van der Waals surface area (Å²) in [6.45, 7) is 2.24. The van der Waals surface area contributed by atoms with Gasteiger partial charge in [0.25, 0.3) is 0 Å². The summed E-state index contributed by atoms with van der Waals surface area (Å²) in [4.78, 5) is 20.6. The van der Waals surface area contributed by atoms with Crippen LogP contribution in [0.1, 0.15) is 55.8 Å². The van der Waals surface area contributed by atoms with E-state index < -0.39 is 0 Å². The Labute approximate surface area is 185 Å². The van der Waals surface area contributed by atoms with Crippen LogP contribution < -0.4 is 0 Å². The van der Waals surface area contributed by atoms with E-state index in [2.05, 4.69) is 32.9 Å². The average Bonchev–Trinajstić information content (AvgIpc) is 3.29. The maximum absolute atomic E-state index is 13.8.